The van der Waals surface area contributed by atoms with Crippen LogP contribution in [0.2, 0.25) is 0 Å². The SMILES string of the molecule is CC/C=C\C/C=C\C/C=C\C/C=C\C/C=C\CCCCCCCCCCCCCCCCCCCC(=O)NC(COP(=O)([O-])OCC[N+](C)(C)C)C(O)/C=C/CCCCCCC. The zero-order valence-corrected chi connectivity index (χ0v) is 41.7. The van der Waals surface area contributed by atoms with Crippen molar-refractivity contribution >= 4 is 13.7 Å². The molecule has 0 aromatic rings. The Balaban J connectivity index is 3.92. The van der Waals surface area contributed by atoms with Crippen molar-refractivity contribution in [2.24, 2.45) is 0 Å². The quantitative estimate of drug-likeness (QED) is 0.0273. The molecular weight excluding hydrogens is 792 g/mol. The summed E-state index contributed by atoms with van der Waals surface area (Å²) >= 11 is 0. The predicted molar refractivity (Wildman–Crippen MR) is 265 cm³/mol. The highest BCUT2D eigenvalue weighted by molar-refractivity contribution is 7.45. The summed E-state index contributed by atoms with van der Waals surface area (Å²) in [6.45, 7) is 4.46. The van der Waals surface area contributed by atoms with E-state index in [0.29, 0.717) is 17.4 Å². The summed E-state index contributed by atoms with van der Waals surface area (Å²) in [5, 5.41) is 13.7. The standard InChI is InChI=1S/C53H97N2O6P/c1-6-8-10-12-14-15-16-17-18-19-20-21-22-23-24-25-26-27-28-29-30-31-32-33-34-35-36-37-38-39-41-43-45-47-53(57)54-51(52(56)46-44-42-40-13-11-9-7-2)50-61-62(58,59)60-49-48-55(3,4)5/h8,10,14-15,17-18,20-21,23-24,44,46,51-52,56H,6-7,9,11-13,16,19,22,25-43,45,47-50H2,1-5H3,(H-,54,57,58,59)/b10-8-,15-14-,18-17-,21-20-,24-23-,46-44+. The number of phosphoric ester groups is 1. The van der Waals surface area contributed by atoms with E-state index in [1.807, 2.05) is 27.2 Å². The number of nitrogens with zero attached hydrogens (tertiary/aromatic N) is 1. The first-order valence-corrected chi connectivity index (χ1v) is 26.8. The third-order valence-electron chi connectivity index (χ3n) is 10.9. The summed E-state index contributed by atoms with van der Waals surface area (Å²) in [6.07, 6.45) is 60.0. The average Bonchev–Trinajstić information content (AvgIpc) is 3.23. The molecule has 3 unspecified atom stereocenters. The van der Waals surface area contributed by atoms with Crippen LogP contribution in [-0.4, -0.2) is 68.5 Å². The van der Waals surface area contributed by atoms with Crippen LogP contribution in [0.15, 0.2) is 72.9 Å². The number of carbonyl (C=O) groups excluding carboxylic acids is 1. The van der Waals surface area contributed by atoms with Gasteiger partial charge in [0.1, 0.15) is 13.2 Å². The monoisotopic (exact) mass is 889 g/mol. The molecule has 0 aromatic carbocycles. The molecule has 9 heteroatoms. The first-order valence-electron chi connectivity index (χ1n) is 25.3. The molecule has 0 fully saturated rings. The zero-order chi connectivity index (χ0) is 45.7. The number of hydrogen-bond acceptors (Lipinski definition) is 6. The maximum atomic E-state index is 12.8. The molecule has 1 amide bonds. The largest absolute Gasteiger partial charge is 0.756 e. The maximum absolute atomic E-state index is 12.8. The Morgan fingerprint density at radius 2 is 0.984 bits per heavy atom. The second kappa shape index (κ2) is 44.2. The van der Waals surface area contributed by atoms with Crippen molar-refractivity contribution in [1.29, 1.82) is 0 Å². The Morgan fingerprint density at radius 1 is 0.581 bits per heavy atom. The molecule has 0 saturated heterocycles. The lowest BCUT2D eigenvalue weighted by Crippen LogP contribution is -2.45. The van der Waals surface area contributed by atoms with Crippen LogP contribution >= 0.6 is 7.82 Å². The van der Waals surface area contributed by atoms with Gasteiger partial charge in [-0.2, -0.15) is 0 Å². The van der Waals surface area contributed by atoms with Crippen LogP contribution in [-0.2, 0) is 18.4 Å². The fourth-order valence-electron chi connectivity index (χ4n) is 6.94. The van der Waals surface area contributed by atoms with Crippen LogP contribution in [0.4, 0.5) is 0 Å². The van der Waals surface area contributed by atoms with Gasteiger partial charge in [0.2, 0.25) is 5.91 Å². The Bertz CT molecular complexity index is 1240. The molecule has 62 heavy (non-hydrogen) atoms. The molecule has 0 heterocycles. The fraction of sp³-hybridized carbons (Fsp3) is 0.755. The molecule has 2 N–H and O–H groups in total. The average molecular weight is 889 g/mol. The molecule has 0 spiro atoms. The summed E-state index contributed by atoms with van der Waals surface area (Å²) in [6, 6.07) is -0.885. The van der Waals surface area contributed by atoms with E-state index in [1.54, 1.807) is 6.08 Å². The third kappa shape index (κ3) is 45.9. The number of hydrogen-bond donors (Lipinski definition) is 2. The lowest BCUT2D eigenvalue weighted by atomic mass is 10.0. The summed E-state index contributed by atoms with van der Waals surface area (Å²) in [4.78, 5) is 25.2. The second-order valence-electron chi connectivity index (χ2n) is 18.1. The van der Waals surface area contributed by atoms with Gasteiger partial charge in [0.15, 0.2) is 0 Å². The van der Waals surface area contributed by atoms with Crippen molar-refractivity contribution in [3.05, 3.63) is 72.9 Å². The molecule has 0 bridgehead atoms. The lowest BCUT2D eigenvalue weighted by Gasteiger charge is -2.29. The predicted octanol–water partition coefficient (Wildman–Crippen LogP) is 14.1. The number of aliphatic hydroxyl groups excluding tert-OH is 1. The van der Waals surface area contributed by atoms with Crippen LogP contribution in [0.1, 0.15) is 206 Å². The number of phosphoric acid groups is 1. The number of aliphatic hydroxyl groups is 1. The smallest absolute Gasteiger partial charge is 0.268 e. The number of quaternary nitrogens is 1. The normalized spacial score (nSPS) is 14.8. The molecule has 0 rings (SSSR count). The number of allylic oxidation sites excluding steroid dienone is 11. The van der Waals surface area contributed by atoms with E-state index in [-0.39, 0.29) is 19.1 Å². The van der Waals surface area contributed by atoms with Gasteiger partial charge in [-0.15, -0.1) is 0 Å². The molecule has 0 saturated carbocycles. The number of rotatable bonds is 45. The number of amides is 1. The Kier molecular flexibility index (Phi) is 42.7. The Hall–Kier alpha value is -2.06. The van der Waals surface area contributed by atoms with E-state index < -0.39 is 20.0 Å². The van der Waals surface area contributed by atoms with Crippen molar-refractivity contribution in [2.45, 2.75) is 219 Å². The van der Waals surface area contributed by atoms with Crippen LogP contribution in [0.5, 0.6) is 0 Å². The minimum absolute atomic E-state index is 0.00290. The van der Waals surface area contributed by atoms with Gasteiger partial charge < -0.3 is 28.8 Å². The van der Waals surface area contributed by atoms with Crippen molar-refractivity contribution < 1.29 is 32.9 Å². The molecule has 0 aromatic heterocycles. The highest BCUT2D eigenvalue weighted by Gasteiger charge is 2.23. The Labute approximate surface area is 383 Å². The van der Waals surface area contributed by atoms with Gasteiger partial charge >= 0.3 is 0 Å². The lowest BCUT2D eigenvalue weighted by molar-refractivity contribution is -0.870. The first kappa shape index (κ1) is 59.9. The summed E-state index contributed by atoms with van der Waals surface area (Å²) in [5.41, 5.74) is 0. The van der Waals surface area contributed by atoms with Gasteiger partial charge in [-0.3, -0.25) is 9.36 Å². The van der Waals surface area contributed by atoms with E-state index in [4.69, 9.17) is 9.05 Å². The Morgan fingerprint density at radius 3 is 1.44 bits per heavy atom. The van der Waals surface area contributed by atoms with E-state index in [2.05, 4.69) is 79.9 Å². The first-order chi connectivity index (χ1) is 30.0. The van der Waals surface area contributed by atoms with Gasteiger partial charge in [0.05, 0.1) is 39.9 Å². The molecule has 0 radical (unpaired) electrons. The highest BCUT2D eigenvalue weighted by atomic mass is 31.2. The van der Waals surface area contributed by atoms with Crippen LogP contribution in [0.3, 0.4) is 0 Å². The maximum Gasteiger partial charge on any atom is 0.268 e. The second-order valence-corrected chi connectivity index (χ2v) is 19.6. The molecule has 0 aliphatic heterocycles. The number of carbonyl (C=O) groups is 1. The fourth-order valence-corrected chi connectivity index (χ4v) is 7.67. The van der Waals surface area contributed by atoms with Crippen LogP contribution in [0, 0.1) is 0 Å². The van der Waals surface area contributed by atoms with Crippen molar-refractivity contribution in [2.75, 3.05) is 40.9 Å². The summed E-state index contributed by atoms with van der Waals surface area (Å²) in [7, 11) is 1.25. The van der Waals surface area contributed by atoms with Gasteiger partial charge in [-0.25, -0.2) is 0 Å². The molecule has 0 aliphatic carbocycles. The summed E-state index contributed by atoms with van der Waals surface area (Å²) < 4.78 is 23.1. The molecular formula is C53H97N2O6P. The summed E-state index contributed by atoms with van der Waals surface area (Å²) in [5.74, 6) is -0.203. The minimum Gasteiger partial charge on any atom is -0.756 e. The van der Waals surface area contributed by atoms with Crippen LogP contribution in [0.25, 0.3) is 0 Å². The third-order valence-corrected chi connectivity index (χ3v) is 11.9. The zero-order valence-electron chi connectivity index (χ0n) is 40.8. The number of likely N-dealkylation sites (N-methyl/N-ethyl adjacent to an activating group) is 1. The molecule has 8 nitrogen and oxygen atoms in total. The highest BCUT2D eigenvalue weighted by Crippen LogP contribution is 2.38. The van der Waals surface area contributed by atoms with Gasteiger partial charge in [-0.1, -0.05) is 209 Å². The van der Waals surface area contributed by atoms with E-state index in [1.165, 1.54) is 116 Å². The molecule has 360 valence electrons. The molecule has 3 atom stereocenters. The van der Waals surface area contributed by atoms with Crippen molar-refractivity contribution in [3.8, 4) is 0 Å². The van der Waals surface area contributed by atoms with Crippen LogP contribution < -0.4 is 10.2 Å². The molecule has 0 aliphatic rings. The minimum atomic E-state index is -4.58. The van der Waals surface area contributed by atoms with Gasteiger partial charge in [0.25, 0.3) is 7.82 Å². The number of unbranched alkanes of at least 4 members (excludes halogenated alkanes) is 22. The van der Waals surface area contributed by atoms with E-state index in [0.717, 1.165) is 70.6 Å². The topological polar surface area (TPSA) is 108 Å². The van der Waals surface area contributed by atoms with Gasteiger partial charge in [0, 0.05) is 6.42 Å². The van der Waals surface area contributed by atoms with Crippen molar-refractivity contribution in [1.82, 2.24) is 5.32 Å². The number of nitrogens with one attached hydrogen (secondary N) is 1. The van der Waals surface area contributed by atoms with Crippen molar-refractivity contribution in [3.63, 3.8) is 0 Å². The van der Waals surface area contributed by atoms with E-state index in [9.17, 15) is 19.4 Å². The van der Waals surface area contributed by atoms with E-state index >= 15 is 0 Å². The van der Waals surface area contributed by atoms with Gasteiger partial charge in [-0.05, 0) is 64.2 Å².